The lowest BCUT2D eigenvalue weighted by atomic mass is 9.62. The van der Waals surface area contributed by atoms with Crippen LogP contribution in [0.2, 0.25) is 0 Å². The lowest BCUT2D eigenvalue weighted by molar-refractivity contribution is -0.194. The van der Waals surface area contributed by atoms with Crippen molar-refractivity contribution in [3.63, 3.8) is 0 Å². The van der Waals surface area contributed by atoms with Crippen LogP contribution in [0.25, 0.3) is 10.9 Å². The molecule has 0 aliphatic carbocycles. The highest BCUT2D eigenvalue weighted by Gasteiger charge is 2.60. The number of hydrogen-bond donors (Lipinski definition) is 4. The highest BCUT2D eigenvalue weighted by Crippen LogP contribution is 2.60. The van der Waals surface area contributed by atoms with Crippen molar-refractivity contribution in [3.8, 4) is 0 Å². The monoisotopic (exact) mass is 446 g/mol. The van der Waals surface area contributed by atoms with E-state index >= 15 is 0 Å². The van der Waals surface area contributed by atoms with Crippen molar-refractivity contribution in [2.45, 2.75) is 56.9 Å². The lowest BCUT2D eigenvalue weighted by Gasteiger charge is -2.57. The predicted octanol–water partition coefficient (Wildman–Crippen LogP) is 1.28. The molecular weight excluding hydrogens is 412 g/mol. The maximum Gasteiger partial charge on any atom is 0.359 e. The average molecular weight is 447 g/mol. The molecule has 0 radical (unpaired) electrons. The standard InChI is InChI=1S/C21H26N2O3.C3H8O3/c1-3-20-10-6-11-22-12-9-15-14-7-4-5-8-16(14)23(17(15)18(20)22)21(25,13-20)19(24)26-2;4-1-3(6)2-5/h4-5,7-8,18,25H,3,6,9-13H2,1-2H3;3-6H,1-2H2/t18-,20+,21+;/m1./s1. The Labute approximate surface area is 188 Å². The molecule has 3 aliphatic heterocycles. The largest absolute Gasteiger partial charge is 0.465 e. The number of esters is 1. The molecule has 4 heterocycles. The number of benzene rings is 1. The van der Waals surface area contributed by atoms with Gasteiger partial charge in [0.1, 0.15) is 6.10 Å². The van der Waals surface area contributed by atoms with Crippen LogP contribution in [-0.4, -0.2) is 75.4 Å². The average Bonchev–Trinajstić information content (AvgIpc) is 3.18. The molecule has 1 saturated heterocycles. The summed E-state index contributed by atoms with van der Waals surface area (Å²) in [5.41, 5.74) is 1.69. The van der Waals surface area contributed by atoms with Crippen molar-refractivity contribution in [3.05, 3.63) is 35.5 Å². The number of aliphatic hydroxyl groups is 4. The molecule has 0 saturated carbocycles. The molecule has 3 atom stereocenters. The van der Waals surface area contributed by atoms with Crippen molar-refractivity contribution in [1.29, 1.82) is 0 Å². The Morgan fingerprint density at radius 1 is 1.25 bits per heavy atom. The molecule has 32 heavy (non-hydrogen) atoms. The molecule has 0 spiro atoms. The van der Waals surface area contributed by atoms with Gasteiger partial charge in [0.25, 0.3) is 0 Å². The molecule has 2 aromatic rings. The maximum absolute atomic E-state index is 12.8. The summed E-state index contributed by atoms with van der Waals surface area (Å²) in [7, 11) is 1.37. The number of piperidine rings is 1. The summed E-state index contributed by atoms with van der Waals surface area (Å²) < 4.78 is 7.01. The van der Waals surface area contributed by atoms with Crippen LogP contribution in [0.3, 0.4) is 0 Å². The van der Waals surface area contributed by atoms with E-state index in [-0.39, 0.29) is 24.7 Å². The highest BCUT2D eigenvalue weighted by atomic mass is 16.5. The maximum atomic E-state index is 12.8. The van der Waals surface area contributed by atoms with Gasteiger partial charge in [0.2, 0.25) is 5.72 Å². The fourth-order valence-corrected chi connectivity index (χ4v) is 6.16. The smallest absolute Gasteiger partial charge is 0.359 e. The fourth-order valence-electron chi connectivity index (χ4n) is 6.16. The van der Waals surface area contributed by atoms with Crippen molar-refractivity contribution < 1.29 is 30.0 Å². The Morgan fingerprint density at radius 3 is 2.59 bits per heavy atom. The van der Waals surface area contributed by atoms with Crippen molar-refractivity contribution in [2.24, 2.45) is 5.41 Å². The van der Waals surface area contributed by atoms with Crippen LogP contribution in [0.5, 0.6) is 0 Å². The van der Waals surface area contributed by atoms with Gasteiger partial charge in [0.05, 0.1) is 31.9 Å². The summed E-state index contributed by atoms with van der Waals surface area (Å²) in [5.74, 6) is -0.546. The molecular formula is C24H34N2O6. The number of hydrogen-bond acceptors (Lipinski definition) is 7. The molecule has 3 aliphatic rings. The van der Waals surface area contributed by atoms with E-state index in [1.54, 1.807) is 0 Å². The van der Waals surface area contributed by atoms with Gasteiger partial charge in [-0.3, -0.25) is 4.90 Å². The van der Waals surface area contributed by atoms with E-state index in [1.165, 1.54) is 18.1 Å². The summed E-state index contributed by atoms with van der Waals surface area (Å²) >= 11 is 0. The van der Waals surface area contributed by atoms with Crippen molar-refractivity contribution >= 4 is 16.9 Å². The number of rotatable bonds is 4. The highest BCUT2D eigenvalue weighted by molar-refractivity contribution is 5.90. The number of ether oxygens (including phenoxy) is 1. The van der Waals surface area contributed by atoms with Gasteiger partial charge in [0.15, 0.2) is 0 Å². The Hall–Kier alpha value is -1.97. The van der Waals surface area contributed by atoms with Gasteiger partial charge in [-0.2, -0.15) is 0 Å². The second-order valence-electron chi connectivity index (χ2n) is 9.23. The summed E-state index contributed by atoms with van der Waals surface area (Å²) in [6, 6.07) is 8.45. The molecule has 0 bridgehead atoms. The zero-order chi connectivity index (χ0) is 23.1. The number of aromatic nitrogens is 1. The summed E-state index contributed by atoms with van der Waals surface area (Å²) in [6.07, 6.45) is 3.56. The van der Waals surface area contributed by atoms with Crippen LogP contribution in [0, 0.1) is 5.41 Å². The SMILES string of the molecule is CC[C@]12CCCN3CCc4c(n(c5ccccc45)[C@@](O)(C(=O)OC)C1)[C@@H]32.OCC(O)CO. The topological polar surface area (TPSA) is 115 Å². The number of para-hydroxylation sites is 1. The number of carbonyl (C=O) groups excluding carboxylic acids is 1. The van der Waals surface area contributed by atoms with E-state index < -0.39 is 17.8 Å². The minimum atomic E-state index is -1.63. The number of carbonyl (C=O) groups is 1. The van der Waals surface area contributed by atoms with Gasteiger partial charge < -0.3 is 29.7 Å². The summed E-state index contributed by atoms with van der Waals surface area (Å²) in [6.45, 7) is 3.63. The van der Waals surface area contributed by atoms with Crippen molar-refractivity contribution in [1.82, 2.24) is 9.47 Å². The van der Waals surface area contributed by atoms with Crippen LogP contribution < -0.4 is 0 Å². The number of fused-ring (bicyclic) bond motifs is 3. The second-order valence-corrected chi connectivity index (χ2v) is 9.23. The van der Waals surface area contributed by atoms with E-state index in [9.17, 15) is 9.90 Å². The first kappa shape index (κ1) is 23.2. The van der Waals surface area contributed by atoms with Crippen molar-refractivity contribution in [2.75, 3.05) is 33.4 Å². The predicted molar refractivity (Wildman–Crippen MR) is 119 cm³/mol. The molecule has 5 rings (SSSR count). The van der Waals surface area contributed by atoms with Gasteiger partial charge in [-0.05, 0) is 49.3 Å². The zero-order valence-corrected chi connectivity index (χ0v) is 18.8. The molecule has 0 amide bonds. The Morgan fingerprint density at radius 2 is 1.97 bits per heavy atom. The van der Waals surface area contributed by atoms with E-state index in [4.69, 9.17) is 20.1 Å². The molecule has 4 N–H and O–H groups in total. The summed E-state index contributed by atoms with van der Waals surface area (Å²) in [5, 5.41) is 36.9. The molecule has 1 aromatic carbocycles. The minimum Gasteiger partial charge on any atom is -0.465 e. The molecule has 1 aromatic heterocycles. The van der Waals surface area contributed by atoms with Gasteiger partial charge in [0, 0.05) is 24.0 Å². The quantitative estimate of drug-likeness (QED) is 0.523. The van der Waals surface area contributed by atoms with Crippen LogP contribution in [0.1, 0.15) is 49.9 Å². The van der Waals surface area contributed by atoms with E-state index in [2.05, 4.69) is 17.9 Å². The Kier molecular flexibility index (Phi) is 6.35. The van der Waals surface area contributed by atoms with E-state index in [1.807, 2.05) is 22.8 Å². The molecule has 176 valence electrons. The minimum absolute atomic E-state index is 0.0826. The first-order valence-electron chi connectivity index (χ1n) is 11.4. The van der Waals surface area contributed by atoms with Crippen LogP contribution >= 0.6 is 0 Å². The van der Waals surface area contributed by atoms with Gasteiger partial charge in [-0.25, -0.2) is 4.79 Å². The third-order valence-electron chi connectivity index (χ3n) is 7.60. The van der Waals surface area contributed by atoms with Crippen LogP contribution in [-0.2, 0) is 21.7 Å². The van der Waals surface area contributed by atoms with E-state index in [0.29, 0.717) is 6.42 Å². The number of methoxy groups -OCH3 is 1. The van der Waals surface area contributed by atoms with Gasteiger partial charge in [-0.1, -0.05) is 25.1 Å². The number of aliphatic hydroxyl groups excluding tert-OH is 3. The van der Waals surface area contributed by atoms with Crippen LogP contribution in [0.15, 0.2) is 24.3 Å². The summed E-state index contributed by atoms with van der Waals surface area (Å²) in [4.78, 5) is 15.4. The van der Waals surface area contributed by atoms with E-state index in [0.717, 1.165) is 50.0 Å². The molecule has 8 nitrogen and oxygen atoms in total. The van der Waals surface area contributed by atoms with Crippen LogP contribution in [0.4, 0.5) is 0 Å². The normalized spacial score (nSPS) is 28.8. The Bertz CT molecular complexity index is 986. The number of nitrogens with zero attached hydrogens (tertiary/aromatic N) is 2. The fraction of sp³-hybridized carbons (Fsp3) is 0.625. The lowest BCUT2D eigenvalue weighted by Crippen LogP contribution is -2.60. The van der Waals surface area contributed by atoms with Gasteiger partial charge >= 0.3 is 5.97 Å². The zero-order valence-electron chi connectivity index (χ0n) is 18.8. The first-order valence-corrected chi connectivity index (χ1v) is 11.4. The molecule has 8 heteroatoms. The molecule has 0 unspecified atom stereocenters. The Balaban J connectivity index is 0.000000363. The van der Waals surface area contributed by atoms with Gasteiger partial charge in [-0.15, -0.1) is 0 Å². The molecule has 1 fully saturated rings. The third kappa shape index (κ3) is 3.36. The first-order chi connectivity index (χ1) is 15.4. The third-order valence-corrected chi connectivity index (χ3v) is 7.60. The second kappa shape index (κ2) is 8.76.